The molecular formula is C14H21NO2. The molecular weight excluding hydrogens is 214 g/mol. The summed E-state index contributed by atoms with van der Waals surface area (Å²) >= 11 is 0. The zero-order valence-corrected chi connectivity index (χ0v) is 11.0. The highest BCUT2D eigenvalue weighted by Gasteiger charge is 2.18. The zero-order chi connectivity index (χ0) is 13.0. The van der Waals surface area contributed by atoms with Crippen LogP contribution in [0.3, 0.4) is 0 Å². The Morgan fingerprint density at radius 3 is 2.47 bits per heavy atom. The molecule has 0 bridgehead atoms. The summed E-state index contributed by atoms with van der Waals surface area (Å²) in [4.78, 5) is 11.1. The number of aryl methyl sites for hydroxylation is 1. The lowest BCUT2D eigenvalue weighted by molar-refractivity contribution is -0.118. The van der Waals surface area contributed by atoms with Gasteiger partial charge in [0.1, 0.15) is 5.75 Å². The van der Waals surface area contributed by atoms with Crippen molar-refractivity contribution < 1.29 is 9.53 Å². The number of ether oxygens (including phenoxy) is 1. The van der Waals surface area contributed by atoms with Gasteiger partial charge in [0.2, 0.25) is 5.91 Å². The Morgan fingerprint density at radius 1 is 1.41 bits per heavy atom. The molecule has 3 nitrogen and oxygen atoms in total. The van der Waals surface area contributed by atoms with Crippen LogP contribution in [0, 0.1) is 12.8 Å². The fourth-order valence-corrected chi connectivity index (χ4v) is 2.09. The standard InChI is InChI=1S/C14H21NO2/c1-9(2)12(8-14(15)16)11-5-6-13(17-4)10(3)7-11/h5-7,9,12H,8H2,1-4H3,(H2,15,16)/t12-/m1/s1. The summed E-state index contributed by atoms with van der Waals surface area (Å²) in [5.74, 6) is 1.18. The third-order valence-electron chi connectivity index (χ3n) is 3.07. The second-order valence-corrected chi connectivity index (χ2v) is 4.75. The molecule has 94 valence electrons. The number of benzene rings is 1. The van der Waals surface area contributed by atoms with E-state index in [4.69, 9.17) is 10.5 Å². The quantitative estimate of drug-likeness (QED) is 0.853. The van der Waals surface area contributed by atoms with Crippen molar-refractivity contribution in [2.75, 3.05) is 7.11 Å². The van der Waals surface area contributed by atoms with Gasteiger partial charge in [-0.1, -0.05) is 26.0 Å². The Labute approximate surface area is 103 Å². The molecule has 0 radical (unpaired) electrons. The van der Waals surface area contributed by atoms with Gasteiger partial charge in [-0.15, -0.1) is 0 Å². The van der Waals surface area contributed by atoms with Crippen molar-refractivity contribution in [2.24, 2.45) is 11.7 Å². The predicted molar refractivity (Wildman–Crippen MR) is 69.1 cm³/mol. The molecule has 0 unspecified atom stereocenters. The van der Waals surface area contributed by atoms with E-state index in [2.05, 4.69) is 19.9 Å². The molecule has 0 fully saturated rings. The van der Waals surface area contributed by atoms with Gasteiger partial charge in [-0.2, -0.15) is 0 Å². The van der Waals surface area contributed by atoms with Crippen LogP contribution in [0.4, 0.5) is 0 Å². The van der Waals surface area contributed by atoms with Crippen LogP contribution < -0.4 is 10.5 Å². The number of amides is 1. The number of primary amides is 1. The number of hydrogen-bond donors (Lipinski definition) is 1. The first-order valence-electron chi connectivity index (χ1n) is 5.88. The van der Waals surface area contributed by atoms with Crippen LogP contribution in [-0.4, -0.2) is 13.0 Å². The molecule has 0 aliphatic rings. The molecule has 0 saturated heterocycles. The molecule has 1 rings (SSSR count). The molecule has 0 aromatic heterocycles. The molecule has 1 atom stereocenters. The van der Waals surface area contributed by atoms with E-state index in [0.29, 0.717) is 12.3 Å². The molecule has 17 heavy (non-hydrogen) atoms. The lowest BCUT2D eigenvalue weighted by Gasteiger charge is -2.21. The minimum Gasteiger partial charge on any atom is -0.496 e. The summed E-state index contributed by atoms with van der Waals surface area (Å²) in [5.41, 5.74) is 7.53. The Balaban J connectivity index is 3.02. The topological polar surface area (TPSA) is 52.3 Å². The van der Waals surface area contributed by atoms with Gasteiger partial charge in [-0.25, -0.2) is 0 Å². The van der Waals surface area contributed by atoms with Crippen molar-refractivity contribution in [1.82, 2.24) is 0 Å². The SMILES string of the molecule is COc1ccc([C@H](CC(N)=O)C(C)C)cc1C. The van der Waals surface area contributed by atoms with Gasteiger partial charge in [0.15, 0.2) is 0 Å². The first-order valence-corrected chi connectivity index (χ1v) is 5.88. The maximum Gasteiger partial charge on any atom is 0.218 e. The van der Waals surface area contributed by atoms with Gasteiger partial charge in [-0.05, 0) is 36.0 Å². The second kappa shape index (κ2) is 5.71. The van der Waals surface area contributed by atoms with Crippen molar-refractivity contribution in [3.05, 3.63) is 29.3 Å². The maximum absolute atomic E-state index is 11.1. The molecule has 3 heteroatoms. The van der Waals surface area contributed by atoms with Gasteiger partial charge in [0.25, 0.3) is 0 Å². The largest absolute Gasteiger partial charge is 0.496 e. The van der Waals surface area contributed by atoms with E-state index < -0.39 is 0 Å². The van der Waals surface area contributed by atoms with Crippen LogP contribution in [0.2, 0.25) is 0 Å². The average molecular weight is 235 g/mol. The van der Waals surface area contributed by atoms with E-state index in [0.717, 1.165) is 16.9 Å². The highest BCUT2D eigenvalue weighted by atomic mass is 16.5. The summed E-state index contributed by atoms with van der Waals surface area (Å²) < 4.78 is 5.23. The predicted octanol–water partition coefficient (Wildman–Crippen LogP) is 2.62. The number of nitrogens with two attached hydrogens (primary N) is 1. The van der Waals surface area contributed by atoms with Crippen LogP contribution in [0.5, 0.6) is 5.75 Å². The van der Waals surface area contributed by atoms with E-state index in [-0.39, 0.29) is 11.8 Å². The maximum atomic E-state index is 11.1. The first kappa shape index (κ1) is 13.6. The van der Waals surface area contributed by atoms with Crippen LogP contribution >= 0.6 is 0 Å². The molecule has 1 aromatic carbocycles. The summed E-state index contributed by atoms with van der Waals surface area (Å²) in [6.45, 7) is 6.21. The number of carbonyl (C=O) groups excluding carboxylic acids is 1. The van der Waals surface area contributed by atoms with Gasteiger partial charge in [-0.3, -0.25) is 4.79 Å². The molecule has 0 spiro atoms. The molecule has 0 saturated carbocycles. The van der Waals surface area contributed by atoms with Crippen molar-refractivity contribution in [1.29, 1.82) is 0 Å². The summed E-state index contributed by atoms with van der Waals surface area (Å²) in [6, 6.07) is 6.03. The molecule has 1 amide bonds. The Bertz CT molecular complexity index is 399. The molecule has 1 aromatic rings. The molecule has 0 heterocycles. The van der Waals surface area contributed by atoms with E-state index in [1.165, 1.54) is 0 Å². The fraction of sp³-hybridized carbons (Fsp3) is 0.500. The Kier molecular flexibility index (Phi) is 4.55. The lowest BCUT2D eigenvalue weighted by Crippen LogP contribution is -2.18. The van der Waals surface area contributed by atoms with Gasteiger partial charge in [0.05, 0.1) is 7.11 Å². The van der Waals surface area contributed by atoms with E-state index in [9.17, 15) is 4.79 Å². The number of rotatable bonds is 5. The molecule has 2 N–H and O–H groups in total. The van der Waals surface area contributed by atoms with Gasteiger partial charge < -0.3 is 10.5 Å². The van der Waals surface area contributed by atoms with Gasteiger partial charge >= 0.3 is 0 Å². The average Bonchev–Trinajstić information content (AvgIpc) is 2.25. The first-order chi connectivity index (χ1) is 7.95. The Morgan fingerprint density at radius 2 is 2.06 bits per heavy atom. The summed E-state index contributed by atoms with van der Waals surface area (Å²) in [6.07, 6.45) is 0.392. The molecule has 0 aliphatic carbocycles. The lowest BCUT2D eigenvalue weighted by atomic mass is 9.85. The van der Waals surface area contributed by atoms with Crippen LogP contribution in [0.15, 0.2) is 18.2 Å². The normalized spacial score (nSPS) is 12.5. The fourth-order valence-electron chi connectivity index (χ4n) is 2.09. The summed E-state index contributed by atoms with van der Waals surface area (Å²) in [5, 5.41) is 0. The minimum atomic E-state index is -0.253. The zero-order valence-electron chi connectivity index (χ0n) is 11.0. The monoisotopic (exact) mass is 235 g/mol. The number of hydrogen-bond acceptors (Lipinski definition) is 2. The van der Waals surface area contributed by atoms with Crippen molar-refractivity contribution in [3.63, 3.8) is 0 Å². The van der Waals surface area contributed by atoms with E-state index in [1.54, 1.807) is 7.11 Å². The molecule has 0 aliphatic heterocycles. The minimum absolute atomic E-state index is 0.178. The second-order valence-electron chi connectivity index (χ2n) is 4.75. The Hall–Kier alpha value is -1.51. The third kappa shape index (κ3) is 3.48. The summed E-state index contributed by atoms with van der Waals surface area (Å²) in [7, 11) is 1.66. The smallest absolute Gasteiger partial charge is 0.218 e. The van der Waals surface area contributed by atoms with Gasteiger partial charge in [0, 0.05) is 6.42 Å². The van der Waals surface area contributed by atoms with Crippen LogP contribution in [-0.2, 0) is 4.79 Å². The third-order valence-corrected chi connectivity index (χ3v) is 3.07. The van der Waals surface area contributed by atoms with Crippen molar-refractivity contribution >= 4 is 5.91 Å². The van der Waals surface area contributed by atoms with Crippen molar-refractivity contribution in [3.8, 4) is 5.75 Å². The van der Waals surface area contributed by atoms with E-state index >= 15 is 0 Å². The van der Waals surface area contributed by atoms with E-state index in [1.807, 2.05) is 19.1 Å². The highest BCUT2D eigenvalue weighted by molar-refractivity contribution is 5.74. The van der Waals surface area contributed by atoms with Crippen LogP contribution in [0.1, 0.15) is 37.3 Å². The van der Waals surface area contributed by atoms with Crippen LogP contribution in [0.25, 0.3) is 0 Å². The number of methoxy groups -OCH3 is 1. The van der Waals surface area contributed by atoms with Crippen molar-refractivity contribution in [2.45, 2.75) is 33.1 Å². The highest BCUT2D eigenvalue weighted by Crippen LogP contribution is 2.30. The number of carbonyl (C=O) groups is 1.